The number of rotatable bonds is 8. The molecular weight excluding hydrogens is 400 g/mol. The number of ketones is 1. The third-order valence-electron chi connectivity index (χ3n) is 3.73. The van der Waals surface area contributed by atoms with E-state index in [0.717, 1.165) is 9.90 Å². The number of nitrogens with zero attached hydrogens (tertiary/aromatic N) is 1. The van der Waals surface area contributed by atoms with Crippen molar-refractivity contribution in [2.24, 2.45) is 0 Å². The van der Waals surface area contributed by atoms with Crippen LogP contribution in [0.25, 0.3) is 0 Å². The minimum atomic E-state index is -0.114. The van der Waals surface area contributed by atoms with E-state index in [4.69, 9.17) is 11.6 Å². The Morgan fingerprint density at radius 1 is 1.07 bits per heavy atom. The molecule has 0 aliphatic heterocycles. The lowest BCUT2D eigenvalue weighted by Gasteiger charge is -2.05. The summed E-state index contributed by atoms with van der Waals surface area (Å²) in [7, 11) is 0. The number of hydrogen-bond donors (Lipinski definition) is 1. The predicted molar refractivity (Wildman–Crippen MR) is 111 cm³/mol. The van der Waals surface area contributed by atoms with Crippen LogP contribution in [0.3, 0.4) is 0 Å². The molecule has 1 amide bonds. The Morgan fingerprint density at radius 3 is 2.59 bits per heavy atom. The minimum absolute atomic E-state index is 0.0647. The standard InChI is InChI=1S/C20H17ClN2O2S2/c21-17-9-5-4-8-15(17)11-22-19(25)10-16-12-26-20(23-16)27-13-18(24)14-6-2-1-3-7-14/h1-9,12H,10-11,13H2,(H,22,25). The van der Waals surface area contributed by atoms with Crippen molar-refractivity contribution in [1.82, 2.24) is 10.3 Å². The number of hydrogen-bond acceptors (Lipinski definition) is 5. The van der Waals surface area contributed by atoms with E-state index >= 15 is 0 Å². The molecule has 27 heavy (non-hydrogen) atoms. The van der Waals surface area contributed by atoms with Gasteiger partial charge in [-0.25, -0.2) is 4.98 Å². The summed E-state index contributed by atoms with van der Waals surface area (Å²) in [6, 6.07) is 16.6. The summed E-state index contributed by atoms with van der Waals surface area (Å²) in [5.74, 6) is 0.280. The van der Waals surface area contributed by atoms with E-state index in [1.165, 1.54) is 23.1 Å². The first-order valence-corrected chi connectivity index (χ1v) is 10.5. The van der Waals surface area contributed by atoms with Gasteiger partial charge in [-0.2, -0.15) is 0 Å². The number of carbonyl (C=O) groups excluding carboxylic acids is 2. The van der Waals surface area contributed by atoms with Crippen molar-refractivity contribution >= 4 is 46.4 Å². The van der Waals surface area contributed by atoms with E-state index in [0.29, 0.717) is 28.6 Å². The number of carbonyl (C=O) groups is 2. The molecule has 4 nitrogen and oxygen atoms in total. The van der Waals surface area contributed by atoms with Gasteiger partial charge in [0.1, 0.15) is 0 Å². The van der Waals surface area contributed by atoms with Crippen LogP contribution in [0, 0.1) is 0 Å². The molecule has 0 atom stereocenters. The van der Waals surface area contributed by atoms with Gasteiger partial charge in [-0.3, -0.25) is 9.59 Å². The Morgan fingerprint density at radius 2 is 1.81 bits per heavy atom. The molecule has 0 bridgehead atoms. The molecule has 3 rings (SSSR count). The Hall–Kier alpha value is -2.15. The van der Waals surface area contributed by atoms with Crippen LogP contribution in [0.4, 0.5) is 0 Å². The lowest BCUT2D eigenvalue weighted by atomic mass is 10.2. The molecule has 2 aromatic carbocycles. The zero-order valence-electron chi connectivity index (χ0n) is 14.4. The van der Waals surface area contributed by atoms with Gasteiger partial charge in [-0.1, -0.05) is 71.9 Å². The van der Waals surface area contributed by atoms with Crippen molar-refractivity contribution in [2.75, 3.05) is 5.75 Å². The molecule has 7 heteroatoms. The minimum Gasteiger partial charge on any atom is -0.352 e. The van der Waals surface area contributed by atoms with E-state index in [1.807, 2.05) is 41.8 Å². The van der Waals surface area contributed by atoms with Crippen molar-refractivity contribution in [3.8, 4) is 0 Å². The van der Waals surface area contributed by atoms with Gasteiger partial charge in [-0.15, -0.1) is 11.3 Å². The molecule has 1 heterocycles. The number of aromatic nitrogens is 1. The summed E-state index contributed by atoms with van der Waals surface area (Å²) >= 11 is 8.92. The molecule has 0 spiro atoms. The second kappa shape index (κ2) is 9.69. The van der Waals surface area contributed by atoms with Crippen molar-refractivity contribution < 1.29 is 9.59 Å². The first-order valence-electron chi connectivity index (χ1n) is 8.27. The number of benzene rings is 2. The molecule has 0 radical (unpaired) electrons. The maximum Gasteiger partial charge on any atom is 0.226 e. The second-order valence-corrected chi connectivity index (χ2v) is 8.22. The molecule has 1 N–H and O–H groups in total. The number of nitrogens with one attached hydrogen (secondary N) is 1. The monoisotopic (exact) mass is 416 g/mol. The zero-order chi connectivity index (χ0) is 19.1. The normalized spacial score (nSPS) is 10.6. The summed E-state index contributed by atoms with van der Waals surface area (Å²) in [6.45, 7) is 0.385. The third-order valence-corrected chi connectivity index (χ3v) is 6.17. The number of halogens is 1. The summed E-state index contributed by atoms with van der Waals surface area (Å²) in [4.78, 5) is 28.7. The van der Waals surface area contributed by atoms with Crippen LogP contribution in [0.1, 0.15) is 21.6 Å². The molecule has 0 saturated heterocycles. The lowest BCUT2D eigenvalue weighted by molar-refractivity contribution is -0.120. The Kier molecular flexibility index (Phi) is 7.04. The number of thiazole rings is 1. The molecule has 1 aromatic heterocycles. The first-order chi connectivity index (χ1) is 13.1. The fraction of sp³-hybridized carbons (Fsp3) is 0.150. The third kappa shape index (κ3) is 5.92. The van der Waals surface area contributed by atoms with Gasteiger partial charge in [0.15, 0.2) is 10.1 Å². The smallest absolute Gasteiger partial charge is 0.226 e. The van der Waals surface area contributed by atoms with Crippen LogP contribution in [0.5, 0.6) is 0 Å². The quantitative estimate of drug-likeness (QED) is 0.429. The van der Waals surface area contributed by atoms with Gasteiger partial charge >= 0.3 is 0 Å². The maximum atomic E-state index is 12.1. The average Bonchev–Trinajstić information content (AvgIpc) is 3.13. The van der Waals surface area contributed by atoms with Crippen LogP contribution in [0.2, 0.25) is 5.02 Å². The largest absolute Gasteiger partial charge is 0.352 e. The van der Waals surface area contributed by atoms with E-state index in [1.54, 1.807) is 18.2 Å². The molecule has 3 aromatic rings. The highest BCUT2D eigenvalue weighted by atomic mass is 35.5. The van der Waals surface area contributed by atoms with Crippen LogP contribution in [-0.2, 0) is 17.8 Å². The lowest BCUT2D eigenvalue weighted by Crippen LogP contribution is -2.24. The predicted octanol–water partition coefficient (Wildman–Crippen LogP) is 4.63. The molecule has 138 valence electrons. The topological polar surface area (TPSA) is 59.1 Å². The molecule has 0 fully saturated rings. The second-order valence-electron chi connectivity index (χ2n) is 5.73. The number of thioether (sulfide) groups is 1. The number of Topliss-reactive ketones (excluding diaryl/α,β-unsaturated/α-hetero) is 1. The zero-order valence-corrected chi connectivity index (χ0v) is 16.7. The molecule has 0 aliphatic rings. The summed E-state index contributed by atoms with van der Waals surface area (Å²) in [5, 5.41) is 5.33. The first kappa shape index (κ1) is 19.6. The molecule has 0 saturated carbocycles. The van der Waals surface area contributed by atoms with Gasteiger partial charge in [0, 0.05) is 22.5 Å². The van der Waals surface area contributed by atoms with Gasteiger partial charge in [0.25, 0.3) is 0 Å². The summed E-state index contributed by atoms with van der Waals surface area (Å²) < 4.78 is 0.785. The highest BCUT2D eigenvalue weighted by molar-refractivity contribution is 8.01. The fourth-order valence-corrected chi connectivity index (χ4v) is 4.27. The molecule has 0 aliphatic carbocycles. The summed E-state index contributed by atoms with van der Waals surface area (Å²) in [5.41, 5.74) is 2.27. The Balaban J connectivity index is 1.47. The van der Waals surface area contributed by atoms with Crippen LogP contribution in [0.15, 0.2) is 64.3 Å². The Labute approximate surface area is 171 Å². The van der Waals surface area contributed by atoms with Gasteiger partial charge in [0.2, 0.25) is 5.91 Å². The highest BCUT2D eigenvalue weighted by Crippen LogP contribution is 2.24. The summed E-state index contributed by atoms with van der Waals surface area (Å²) in [6.07, 6.45) is 0.203. The van der Waals surface area contributed by atoms with E-state index < -0.39 is 0 Å². The molecule has 0 unspecified atom stereocenters. The SMILES string of the molecule is O=C(Cc1csc(SCC(=O)c2ccccc2)n1)NCc1ccccc1Cl. The van der Waals surface area contributed by atoms with Crippen molar-refractivity contribution in [2.45, 2.75) is 17.3 Å². The average molecular weight is 417 g/mol. The highest BCUT2D eigenvalue weighted by Gasteiger charge is 2.11. The van der Waals surface area contributed by atoms with Gasteiger partial charge in [-0.05, 0) is 11.6 Å². The van der Waals surface area contributed by atoms with Crippen LogP contribution >= 0.6 is 34.7 Å². The fourth-order valence-electron chi connectivity index (χ4n) is 2.33. The van der Waals surface area contributed by atoms with E-state index in [9.17, 15) is 9.59 Å². The Bertz CT molecular complexity index is 928. The van der Waals surface area contributed by atoms with Crippen LogP contribution in [-0.4, -0.2) is 22.4 Å². The molecular formula is C20H17ClN2O2S2. The van der Waals surface area contributed by atoms with Gasteiger partial charge in [0.05, 0.1) is 17.9 Å². The van der Waals surface area contributed by atoms with Crippen molar-refractivity contribution in [1.29, 1.82) is 0 Å². The van der Waals surface area contributed by atoms with Crippen molar-refractivity contribution in [3.63, 3.8) is 0 Å². The van der Waals surface area contributed by atoms with E-state index in [-0.39, 0.29) is 18.1 Å². The number of amides is 1. The maximum absolute atomic E-state index is 12.1. The van der Waals surface area contributed by atoms with Crippen LogP contribution < -0.4 is 5.32 Å². The van der Waals surface area contributed by atoms with E-state index in [2.05, 4.69) is 10.3 Å². The van der Waals surface area contributed by atoms with Gasteiger partial charge < -0.3 is 5.32 Å². The van der Waals surface area contributed by atoms with Crippen molar-refractivity contribution in [3.05, 3.63) is 81.8 Å².